The van der Waals surface area contributed by atoms with Crippen molar-refractivity contribution in [2.45, 2.75) is 32.0 Å². The van der Waals surface area contributed by atoms with Gasteiger partial charge < -0.3 is 15.2 Å². The number of hydrogen-bond donors (Lipinski definition) is 2. The molecule has 3 aromatic heterocycles. The van der Waals surface area contributed by atoms with Crippen LogP contribution in [0.3, 0.4) is 0 Å². The van der Waals surface area contributed by atoms with Crippen molar-refractivity contribution in [1.82, 2.24) is 24.5 Å². The van der Waals surface area contributed by atoms with Gasteiger partial charge in [-0.15, -0.1) is 0 Å². The van der Waals surface area contributed by atoms with Crippen LogP contribution in [0.5, 0.6) is 11.8 Å². The molecule has 210 valence electrons. The number of anilines is 1. The molecule has 6 rings (SSSR count). The van der Waals surface area contributed by atoms with Crippen LogP contribution in [0, 0.1) is 5.82 Å². The number of hydrogen-bond acceptors (Lipinski definition) is 7. The normalized spacial score (nSPS) is 14.2. The number of alkyl halides is 3. The number of phenolic OH excluding ortho intramolecular Hbond substituents is 1. The number of nitrogens with zero attached hydrogens (tertiary/aromatic N) is 5. The molecule has 0 amide bonds. The summed E-state index contributed by atoms with van der Waals surface area (Å²) in [6, 6.07) is 11.4. The summed E-state index contributed by atoms with van der Waals surface area (Å²) < 4.78 is 61.3. The maximum absolute atomic E-state index is 14.0. The first-order valence-corrected chi connectivity index (χ1v) is 12.8. The Morgan fingerprint density at radius 2 is 1.85 bits per heavy atom. The number of aromatic nitrogens is 5. The predicted molar refractivity (Wildman–Crippen MR) is 144 cm³/mol. The van der Waals surface area contributed by atoms with E-state index < -0.39 is 23.1 Å². The summed E-state index contributed by atoms with van der Waals surface area (Å²) in [5, 5.41) is 13.7. The molecule has 41 heavy (non-hydrogen) atoms. The van der Waals surface area contributed by atoms with E-state index >= 15 is 0 Å². The predicted octanol–water partition coefficient (Wildman–Crippen LogP) is 6.20. The van der Waals surface area contributed by atoms with Crippen molar-refractivity contribution in [3.8, 4) is 34.3 Å². The lowest BCUT2D eigenvalue weighted by atomic mass is 9.99. The number of ether oxygens (including phenoxy) is 1. The summed E-state index contributed by atoms with van der Waals surface area (Å²) in [5.41, 5.74) is 1.52. The molecule has 5 aromatic rings. The smallest absolute Gasteiger partial charge is 0.416 e. The number of aromatic hydroxyl groups is 1. The molecule has 2 N–H and O–H groups in total. The molecular formula is C29H24F4N6O2. The van der Waals surface area contributed by atoms with Crippen LogP contribution in [-0.4, -0.2) is 42.8 Å². The summed E-state index contributed by atoms with van der Waals surface area (Å²) in [5.74, 6) is 0.0233. The number of benzene rings is 2. The van der Waals surface area contributed by atoms with Crippen molar-refractivity contribution in [2.75, 3.05) is 18.5 Å². The van der Waals surface area contributed by atoms with Crippen LogP contribution >= 0.6 is 0 Å². The summed E-state index contributed by atoms with van der Waals surface area (Å²) in [6.07, 6.45) is -1.48. The van der Waals surface area contributed by atoms with E-state index in [1.54, 1.807) is 12.1 Å². The van der Waals surface area contributed by atoms with Gasteiger partial charge in [-0.3, -0.25) is 9.55 Å². The van der Waals surface area contributed by atoms with Crippen molar-refractivity contribution in [3.05, 3.63) is 77.9 Å². The number of imidazole rings is 1. The summed E-state index contributed by atoms with van der Waals surface area (Å²) >= 11 is 0. The molecule has 1 aliphatic rings. The van der Waals surface area contributed by atoms with E-state index in [9.17, 15) is 22.7 Å². The van der Waals surface area contributed by atoms with E-state index in [-0.39, 0.29) is 17.1 Å². The van der Waals surface area contributed by atoms with Gasteiger partial charge in [-0.1, -0.05) is 18.2 Å². The summed E-state index contributed by atoms with van der Waals surface area (Å²) in [4.78, 5) is 17.8. The van der Waals surface area contributed by atoms with Crippen molar-refractivity contribution in [1.29, 1.82) is 0 Å². The average Bonchev–Trinajstić information content (AvgIpc) is 3.46. The summed E-state index contributed by atoms with van der Waals surface area (Å²) in [7, 11) is 0. The number of rotatable bonds is 6. The SMILES string of the molecule is CC1(C)COc2nc3c(NCCc4ccc(O)c(-c5cccc(C(F)(F)F)c5)c4)nc(-c4cncc(F)c4)nc3n21. The zero-order valence-corrected chi connectivity index (χ0v) is 22.0. The lowest BCUT2D eigenvalue weighted by Gasteiger charge is -2.18. The molecule has 0 bridgehead atoms. The van der Waals surface area contributed by atoms with Gasteiger partial charge >= 0.3 is 6.18 Å². The molecule has 8 nitrogen and oxygen atoms in total. The second kappa shape index (κ2) is 9.72. The molecular weight excluding hydrogens is 540 g/mol. The second-order valence-electron chi connectivity index (χ2n) is 10.4. The van der Waals surface area contributed by atoms with Crippen LogP contribution in [0.1, 0.15) is 25.0 Å². The van der Waals surface area contributed by atoms with Crippen LogP contribution in [0.2, 0.25) is 0 Å². The number of fused-ring (bicyclic) bond motifs is 3. The molecule has 0 aliphatic carbocycles. The Balaban J connectivity index is 1.31. The Morgan fingerprint density at radius 3 is 2.63 bits per heavy atom. The highest BCUT2D eigenvalue weighted by molar-refractivity contribution is 5.86. The fraction of sp³-hybridized carbons (Fsp3) is 0.241. The Morgan fingerprint density at radius 1 is 1.02 bits per heavy atom. The monoisotopic (exact) mass is 564 g/mol. The fourth-order valence-electron chi connectivity index (χ4n) is 4.83. The lowest BCUT2D eigenvalue weighted by molar-refractivity contribution is -0.137. The number of nitrogens with one attached hydrogen (secondary N) is 1. The van der Waals surface area contributed by atoms with E-state index in [0.717, 1.165) is 23.9 Å². The van der Waals surface area contributed by atoms with Gasteiger partial charge in [0.05, 0.1) is 17.3 Å². The fourth-order valence-corrected chi connectivity index (χ4v) is 4.83. The second-order valence-corrected chi connectivity index (χ2v) is 10.4. The maximum atomic E-state index is 14.0. The standard InChI is InChI=1S/C29H24F4N6O2/c1-28(2)15-41-27-36-23-25(37-24(38-26(23)39(27)28)18-12-20(30)14-34-13-18)35-9-8-16-6-7-22(40)21(10-16)17-4-3-5-19(11-17)29(31,32)33/h3-7,10-14,40H,8-9,15H2,1-2H3,(H,35,37,38). The van der Waals surface area contributed by atoms with Gasteiger partial charge in [-0.2, -0.15) is 18.2 Å². The van der Waals surface area contributed by atoms with Crippen molar-refractivity contribution < 1.29 is 27.4 Å². The minimum absolute atomic E-state index is 0.123. The van der Waals surface area contributed by atoms with Gasteiger partial charge in [0, 0.05) is 23.9 Å². The first-order chi connectivity index (χ1) is 19.5. The van der Waals surface area contributed by atoms with Gasteiger partial charge in [0.15, 0.2) is 22.8 Å². The molecule has 0 fully saturated rings. The summed E-state index contributed by atoms with van der Waals surface area (Å²) in [6.45, 7) is 4.78. The van der Waals surface area contributed by atoms with Gasteiger partial charge in [-0.25, -0.2) is 14.4 Å². The molecule has 12 heteroatoms. The van der Waals surface area contributed by atoms with Crippen LogP contribution in [0.25, 0.3) is 33.7 Å². The molecule has 0 atom stereocenters. The topological polar surface area (TPSA) is 98.0 Å². The van der Waals surface area contributed by atoms with Crippen LogP contribution in [0.15, 0.2) is 60.9 Å². The Hall–Kier alpha value is -4.74. The van der Waals surface area contributed by atoms with Crippen molar-refractivity contribution >= 4 is 17.0 Å². The van der Waals surface area contributed by atoms with E-state index in [0.29, 0.717) is 53.7 Å². The zero-order valence-electron chi connectivity index (χ0n) is 22.0. The highest BCUT2D eigenvalue weighted by Gasteiger charge is 2.36. The minimum atomic E-state index is -4.50. The highest BCUT2D eigenvalue weighted by Crippen LogP contribution is 2.38. The molecule has 0 spiro atoms. The highest BCUT2D eigenvalue weighted by atomic mass is 19.4. The first-order valence-electron chi connectivity index (χ1n) is 12.8. The van der Waals surface area contributed by atoms with Crippen LogP contribution in [-0.2, 0) is 18.1 Å². The lowest BCUT2D eigenvalue weighted by Crippen LogP contribution is -2.25. The van der Waals surface area contributed by atoms with E-state index in [1.807, 2.05) is 18.4 Å². The van der Waals surface area contributed by atoms with Gasteiger partial charge in [0.25, 0.3) is 6.01 Å². The molecule has 0 saturated carbocycles. The minimum Gasteiger partial charge on any atom is -0.507 e. The molecule has 0 radical (unpaired) electrons. The Kier molecular flexibility index (Phi) is 6.28. The largest absolute Gasteiger partial charge is 0.507 e. The third-order valence-electron chi connectivity index (χ3n) is 6.87. The van der Waals surface area contributed by atoms with E-state index in [1.165, 1.54) is 30.5 Å². The zero-order chi connectivity index (χ0) is 28.9. The van der Waals surface area contributed by atoms with Crippen LogP contribution in [0.4, 0.5) is 23.4 Å². The van der Waals surface area contributed by atoms with E-state index in [4.69, 9.17) is 4.74 Å². The van der Waals surface area contributed by atoms with Gasteiger partial charge in [0.2, 0.25) is 0 Å². The Bertz CT molecular complexity index is 1780. The Labute approximate surface area is 231 Å². The van der Waals surface area contributed by atoms with Crippen LogP contribution < -0.4 is 10.1 Å². The van der Waals surface area contributed by atoms with Gasteiger partial charge in [-0.05, 0) is 61.7 Å². The first kappa shape index (κ1) is 26.5. The molecule has 0 unspecified atom stereocenters. The number of halogens is 4. The molecule has 1 aliphatic heterocycles. The van der Waals surface area contributed by atoms with Gasteiger partial charge in [0.1, 0.15) is 18.2 Å². The average molecular weight is 565 g/mol. The van der Waals surface area contributed by atoms with Crippen molar-refractivity contribution in [3.63, 3.8) is 0 Å². The quantitative estimate of drug-likeness (QED) is 0.237. The maximum Gasteiger partial charge on any atom is 0.416 e. The molecule has 2 aromatic carbocycles. The molecule has 4 heterocycles. The number of phenols is 1. The number of pyridine rings is 1. The molecule has 0 saturated heterocycles. The third-order valence-corrected chi connectivity index (χ3v) is 6.87. The van der Waals surface area contributed by atoms with E-state index in [2.05, 4.69) is 25.3 Å². The van der Waals surface area contributed by atoms with Crippen molar-refractivity contribution in [2.24, 2.45) is 0 Å². The third kappa shape index (κ3) is 5.01.